The van der Waals surface area contributed by atoms with Gasteiger partial charge in [0.25, 0.3) is 0 Å². The van der Waals surface area contributed by atoms with Crippen LogP contribution in [0.15, 0.2) is 0 Å². The molecular formula is C14H27N3O. The zero-order valence-electron chi connectivity index (χ0n) is 11.8. The van der Waals surface area contributed by atoms with Crippen molar-refractivity contribution in [2.75, 3.05) is 26.7 Å². The van der Waals surface area contributed by atoms with Crippen LogP contribution in [0.1, 0.15) is 45.4 Å². The highest BCUT2D eigenvalue weighted by molar-refractivity contribution is 5.75. The predicted molar refractivity (Wildman–Crippen MR) is 73.7 cm³/mol. The number of hydrogen-bond acceptors (Lipinski definition) is 2. The molecule has 1 aliphatic heterocycles. The summed E-state index contributed by atoms with van der Waals surface area (Å²) in [5, 5.41) is 3.23. The Hall–Kier alpha value is -0.770. The lowest BCUT2D eigenvalue weighted by atomic mass is 9.96. The lowest BCUT2D eigenvalue weighted by molar-refractivity contribution is 0.171. The van der Waals surface area contributed by atoms with Gasteiger partial charge < -0.3 is 15.1 Å². The third kappa shape index (κ3) is 3.61. The smallest absolute Gasteiger partial charge is 0.317 e. The normalized spacial score (nSPS) is 27.9. The van der Waals surface area contributed by atoms with Gasteiger partial charge in [0.1, 0.15) is 0 Å². The van der Waals surface area contributed by atoms with Crippen molar-refractivity contribution in [2.45, 2.75) is 57.5 Å². The van der Waals surface area contributed by atoms with E-state index in [1.807, 2.05) is 4.90 Å². The molecule has 1 aliphatic carbocycles. The molecule has 1 heterocycles. The fourth-order valence-electron chi connectivity index (χ4n) is 3.18. The summed E-state index contributed by atoms with van der Waals surface area (Å²) in [6, 6.07) is 0.894. The molecule has 4 nitrogen and oxygen atoms in total. The van der Waals surface area contributed by atoms with Crippen LogP contribution >= 0.6 is 0 Å². The van der Waals surface area contributed by atoms with Crippen LogP contribution in [-0.2, 0) is 0 Å². The molecule has 4 heteroatoms. The molecule has 1 saturated heterocycles. The van der Waals surface area contributed by atoms with Gasteiger partial charge in [-0.3, -0.25) is 0 Å². The number of urea groups is 1. The third-order valence-electron chi connectivity index (χ3n) is 4.24. The van der Waals surface area contributed by atoms with Crippen molar-refractivity contribution in [1.82, 2.24) is 15.1 Å². The second-order valence-electron chi connectivity index (χ2n) is 5.94. The van der Waals surface area contributed by atoms with E-state index in [9.17, 15) is 4.79 Å². The van der Waals surface area contributed by atoms with Crippen LogP contribution in [0.25, 0.3) is 0 Å². The van der Waals surface area contributed by atoms with E-state index in [1.165, 1.54) is 19.3 Å². The van der Waals surface area contributed by atoms with Crippen molar-refractivity contribution < 1.29 is 4.79 Å². The Labute approximate surface area is 111 Å². The molecule has 104 valence electrons. The number of carbonyl (C=O) groups is 1. The van der Waals surface area contributed by atoms with Crippen LogP contribution in [0.5, 0.6) is 0 Å². The average molecular weight is 253 g/mol. The van der Waals surface area contributed by atoms with Gasteiger partial charge in [-0.1, -0.05) is 19.3 Å². The maximum Gasteiger partial charge on any atom is 0.317 e. The molecule has 2 rings (SSSR count). The summed E-state index contributed by atoms with van der Waals surface area (Å²) in [6.45, 7) is 5.13. The summed E-state index contributed by atoms with van der Waals surface area (Å²) in [6.07, 6.45) is 7.27. The van der Waals surface area contributed by atoms with Crippen LogP contribution in [0, 0.1) is 0 Å². The molecule has 18 heavy (non-hydrogen) atoms. The molecule has 1 unspecified atom stereocenters. The quantitative estimate of drug-likeness (QED) is 0.776. The first-order chi connectivity index (χ1) is 8.66. The van der Waals surface area contributed by atoms with Crippen LogP contribution in [0.4, 0.5) is 4.79 Å². The molecule has 2 amide bonds. The number of nitrogens with zero attached hydrogens (tertiary/aromatic N) is 2. The minimum absolute atomic E-state index is 0.157. The second-order valence-corrected chi connectivity index (χ2v) is 5.94. The molecule has 1 atom stereocenters. The maximum atomic E-state index is 12.3. The Bertz CT molecular complexity index is 276. The first-order valence-corrected chi connectivity index (χ1v) is 7.42. The van der Waals surface area contributed by atoms with E-state index in [4.69, 9.17) is 0 Å². The van der Waals surface area contributed by atoms with E-state index in [-0.39, 0.29) is 6.03 Å². The molecule has 0 aromatic carbocycles. The van der Waals surface area contributed by atoms with E-state index in [0.29, 0.717) is 12.1 Å². The molecule has 1 N–H and O–H groups in total. The summed E-state index contributed by atoms with van der Waals surface area (Å²) >= 11 is 0. The van der Waals surface area contributed by atoms with Crippen LogP contribution in [-0.4, -0.2) is 54.6 Å². The molecule has 1 saturated carbocycles. The fourth-order valence-corrected chi connectivity index (χ4v) is 3.18. The van der Waals surface area contributed by atoms with Crippen molar-refractivity contribution in [2.24, 2.45) is 0 Å². The summed E-state index contributed by atoms with van der Waals surface area (Å²) < 4.78 is 0. The Kier molecular flexibility index (Phi) is 4.87. The Morgan fingerprint density at radius 1 is 1.11 bits per heavy atom. The van der Waals surface area contributed by atoms with Crippen molar-refractivity contribution >= 4 is 6.03 Å². The monoisotopic (exact) mass is 253 g/mol. The standard InChI is InChI=1S/C14H27N3O/c1-12-11-16(2)9-6-10-17(12)14(18)15-13-7-4-3-5-8-13/h12-13H,3-11H2,1-2H3,(H,15,18). The zero-order chi connectivity index (χ0) is 13.0. The first-order valence-electron chi connectivity index (χ1n) is 7.42. The Morgan fingerprint density at radius 2 is 1.83 bits per heavy atom. The van der Waals surface area contributed by atoms with Crippen molar-refractivity contribution in [3.8, 4) is 0 Å². The van der Waals surface area contributed by atoms with Crippen molar-refractivity contribution in [1.29, 1.82) is 0 Å². The minimum atomic E-state index is 0.157. The lowest BCUT2D eigenvalue weighted by Gasteiger charge is -2.31. The first kappa shape index (κ1) is 13.7. The number of carbonyl (C=O) groups excluding carboxylic acids is 1. The van der Waals surface area contributed by atoms with Gasteiger partial charge in [-0.05, 0) is 39.8 Å². The third-order valence-corrected chi connectivity index (χ3v) is 4.24. The predicted octanol–water partition coefficient (Wildman–Crippen LogP) is 2.05. The maximum absolute atomic E-state index is 12.3. The molecule has 0 aromatic heterocycles. The fraction of sp³-hybridized carbons (Fsp3) is 0.929. The van der Waals surface area contributed by atoms with E-state index >= 15 is 0 Å². The number of rotatable bonds is 1. The molecule has 2 fully saturated rings. The zero-order valence-corrected chi connectivity index (χ0v) is 11.8. The largest absolute Gasteiger partial charge is 0.335 e. The highest BCUT2D eigenvalue weighted by Gasteiger charge is 2.25. The van der Waals surface area contributed by atoms with Gasteiger partial charge >= 0.3 is 6.03 Å². The van der Waals surface area contributed by atoms with E-state index in [0.717, 1.165) is 38.9 Å². The Balaban J connectivity index is 1.86. The Morgan fingerprint density at radius 3 is 2.56 bits per heavy atom. The van der Waals surface area contributed by atoms with E-state index < -0.39 is 0 Å². The van der Waals surface area contributed by atoms with Crippen LogP contribution < -0.4 is 5.32 Å². The van der Waals surface area contributed by atoms with Crippen LogP contribution in [0.3, 0.4) is 0 Å². The van der Waals surface area contributed by atoms with Gasteiger partial charge in [0.15, 0.2) is 0 Å². The van der Waals surface area contributed by atoms with E-state index in [1.54, 1.807) is 0 Å². The van der Waals surface area contributed by atoms with Crippen molar-refractivity contribution in [3.63, 3.8) is 0 Å². The number of nitrogens with one attached hydrogen (secondary N) is 1. The molecule has 0 radical (unpaired) electrons. The van der Waals surface area contributed by atoms with Gasteiger partial charge in [0.05, 0.1) is 0 Å². The highest BCUT2D eigenvalue weighted by Crippen LogP contribution is 2.18. The summed E-state index contributed by atoms with van der Waals surface area (Å²) in [5.74, 6) is 0. The average Bonchev–Trinajstić information content (AvgIpc) is 2.51. The molecule has 0 aromatic rings. The van der Waals surface area contributed by atoms with Crippen LogP contribution in [0.2, 0.25) is 0 Å². The number of hydrogen-bond donors (Lipinski definition) is 1. The van der Waals surface area contributed by atoms with Gasteiger partial charge in [-0.15, -0.1) is 0 Å². The summed E-state index contributed by atoms with van der Waals surface area (Å²) in [7, 11) is 2.14. The minimum Gasteiger partial charge on any atom is -0.335 e. The number of likely N-dealkylation sites (N-methyl/N-ethyl adjacent to an activating group) is 1. The number of amides is 2. The molecular weight excluding hydrogens is 226 g/mol. The molecule has 2 aliphatic rings. The van der Waals surface area contributed by atoms with Crippen molar-refractivity contribution in [3.05, 3.63) is 0 Å². The van der Waals surface area contributed by atoms with Gasteiger partial charge in [0.2, 0.25) is 0 Å². The highest BCUT2D eigenvalue weighted by atomic mass is 16.2. The summed E-state index contributed by atoms with van der Waals surface area (Å²) in [4.78, 5) is 16.7. The SMILES string of the molecule is CC1CN(C)CCCN1C(=O)NC1CCCCC1. The molecule has 0 spiro atoms. The van der Waals surface area contributed by atoms with Gasteiger partial charge in [-0.2, -0.15) is 0 Å². The summed E-state index contributed by atoms with van der Waals surface area (Å²) in [5.41, 5.74) is 0. The van der Waals surface area contributed by atoms with E-state index in [2.05, 4.69) is 24.2 Å². The topological polar surface area (TPSA) is 35.6 Å². The lowest BCUT2D eigenvalue weighted by Crippen LogP contribution is -2.50. The van der Waals surface area contributed by atoms with Gasteiger partial charge in [-0.25, -0.2) is 4.79 Å². The second kappa shape index (κ2) is 6.41. The molecule has 0 bridgehead atoms. The van der Waals surface area contributed by atoms with Gasteiger partial charge in [0, 0.05) is 25.2 Å².